The van der Waals surface area contributed by atoms with Crippen molar-refractivity contribution < 1.29 is 4.74 Å². The largest absolute Gasteiger partial charge is 0.378 e. The third kappa shape index (κ3) is 3.94. The van der Waals surface area contributed by atoms with Crippen LogP contribution in [0.2, 0.25) is 0 Å². The highest BCUT2D eigenvalue weighted by Gasteiger charge is 2.25. The van der Waals surface area contributed by atoms with E-state index < -0.39 is 0 Å². The molecule has 0 spiro atoms. The van der Waals surface area contributed by atoms with E-state index in [1.54, 1.807) is 0 Å². The summed E-state index contributed by atoms with van der Waals surface area (Å²) in [6, 6.07) is 0.693. The second-order valence-electron chi connectivity index (χ2n) is 6.21. The fourth-order valence-corrected chi connectivity index (χ4v) is 3.17. The molecule has 3 nitrogen and oxygen atoms in total. The molecule has 18 heavy (non-hydrogen) atoms. The number of rotatable bonds is 5. The summed E-state index contributed by atoms with van der Waals surface area (Å²) in [4.78, 5) is 5.10. The average molecular weight is 254 g/mol. The lowest BCUT2D eigenvalue weighted by Gasteiger charge is -2.34. The minimum absolute atomic E-state index is 0.524. The standard InChI is InChI=1S/C15H30N2O/c1-4-16-8-5-14(11-16)12-18-15-6-9-17(10-7-15)13(2)3/h13-15H,4-12H2,1-3H3. The Bertz CT molecular complexity index is 237. The molecule has 3 heteroatoms. The van der Waals surface area contributed by atoms with E-state index >= 15 is 0 Å². The molecule has 0 N–H and O–H groups in total. The number of hydrogen-bond donors (Lipinski definition) is 0. The van der Waals surface area contributed by atoms with Crippen LogP contribution in [-0.4, -0.2) is 61.3 Å². The first-order valence-corrected chi connectivity index (χ1v) is 7.77. The fourth-order valence-electron chi connectivity index (χ4n) is 3.17. The van der Waals surface area contributed by atoms with Gasteiger partial charge in [0.1, 0.15) is 0 Å². The zero-order chi connectivity index (χ0) is 13.0. The first-order valence-electron chi connectivity index (χ1n) is 7.77. The Balaban J connectivity index is 1.61. The van der Waals surface area contributed by atoms with Gasteiger partial charge in [-0.1, -0.05) is 6.92 Å². The van der Waals surface area contributed by atoms with Crippen LogP contribution in [0.4, 0.5) is 0 Å². The Morgan fingerprint density at radius 1 is 1.11 bits per heavy atom. The van der Waals surface area contributed by atoms with Crippen LogP contribution in [0.25, 0.3) is 0 Å². The smallest absolute Gasteiger partial charge is 0.0599 e. The van der Waals surface area contributed by atoms with E-state index in [0.29, 0.717) is 12.1 Å². The van der Waals surface area contributed by atoms with Gasteiger partial charge in [-0.2, -0.15) is 0 Å². The Labute approximate surface area is 112 Å². The molecule has 2 fully saturated rings. The molecule has 0 radical (unpaired) electrons. The van der Waals surface area contributed by atoms with Crippen molar-refractivity contribution in [2.75, 3.05) is 39.3 Å². The van der Waals surface area contributed by atoms with Crippen LogP contribution in [0.3, 0.4) is 0 Å². The monoisotopic (exact) mass is 254 g/mol. The first kappa shape index (κ1) is 14.3. The molecule has 0 aromatic rings. The zero-order valence-electron chi connectivity index (χ0n) is 12.4. The Kier molecular flexibility index (Phi) is 5.46. The van der Waals surface area contributed by atoms with Gasteiger partial charge in [0, 0.05) is 25.7 Å². The number of nitrogens with zero attached hydrogens (tertiary/aromatic N) is 2. The van der Waals surface area contributed by atoms with Gasteiger partial charge >= 0.3 is 0 Å². The molecule has 2 saturated heterocycles. The van der Waals surface area contributed by atoms with Gasteiger partial charge in [0.05, 0.1) is 12.7 Å². The van der Waals surface area contributed by atoms with Crippen molar-refractivity contribution in [1.29, 1.82) is 0 Å². The summed E-state index contributed by atoms with van der Waals surface area (Å²) in [5.41, 5.74) is 0. The second-order valence-corrected chi connectivity index (χ2v) is 6.21. The van der Waals surface area contributed by atoms with Crippen molar-refractivity contribution in [1.82, 2.24) is 9.80 Å². The minimum Gasteiger partial charge on any atom is -0.378 e. The van der Waals surface area contributed by atoms with Gasteiger partial charge in [-0.05, 0) is 52.1 Å². The lowest BCUT2D eigenvalue weighted by Crippen LogP contribution is -2.41. The maximum absolute atomic E-state index is 6.13. The number of likely N-dealkylation sites (tertiary alicyclic amines) is 2. The molecule has 0 aliphatic carbocycles. The summed E-state index contributed by atoms with van der Waals surface area (Å²) < 4.78 is 6.13. The van der Waals surface area contributed by atoms with Gasteiger partial charge in [-0.25, -0.2) is 0 Å². The summed E-state index contributed by atoms with van der Waals surface area (Å²) in [5.74, 6) is 0.785. The molecule has 0 amide bonds. The van der Waals surface area contributed by atoms with Crippen LogP contribution < -0.4 is 0 Å². The zero-order valence-corrected chi connectivity index (χ0v) is 12.4. The van der Waals surface area contributed by atoms with E-state index in [0.717, 1.165) is 12.5 Å². The molecule has 0 bridgehead atoms. The van der Waals surface area contributed by atoms with Crippen molar-refractivity contribution >= 4 is 0 Å². The molecule has 2 heterocycles. The van der Waals surface area contributed by atoms with E-state index in [2.05, 4.69) is 30.6 Å². The topological polar surface area (TPSA) is 15.7 Å². The molecule has 1 unspecified atom stereocenters. The molecular formula is C15H30N2O. The van der Waals surface area contributed by atoms with E-state index in [1.807, 2.05) is 0 Å². The summed E-state index contributed by atoms with van der Waals surface area (Å²) in [7, 11) is 0. The molecule has 2 rings (SSSR count). The van der Waals surface area contributed by atoms with Crippen molar-refractivity contribution in [3.63, 3.8) is 0 Å². The van der Waals surface area contributed by atoms with Crippen molar-refractivity contribution in [2.24, 2.45) is 5.92 Å². The first-order chi connectivity index (χ1) is 8.69. The summed E-state index contributed by atoms with van der Waals surface area (Å²) in [6.07, 6.45) is 4.30. The third-order valence-electron chi connectivity index (χ3n) is 4.59. The summed E-state index contributed by atoms with van der Waals surface area (Å²) >= 11 is 0. The average Bonchev–Trinajstić information content (AvgIpc) is 2.85. The van der Waals surface area contributed by atoms with Gasteiger partial charge in [-0.3, -0.25) is 0 Å². The SMILES string of the molecule is CCN1CCC(COC2CCN(C(C)C)CC2)C1. The Morgan fingerprint density at radius 3 is 2.39 bits per heavy atom. The molecule has 0 saturated carbocycles. The van der Waals surface area contributed by atoms with Gasteiger partial charge in [0.15, 0.2) is 0 Å². The van der Waals surface area contributed by atoms with E-state index in [-0.39, 0.29) is 0 Å². The van der Waals surface area contributed by atoms with Crippen molar-refractivity contribution in [3.8, 4) is 0 Å². The lowest BCUT2D eigenvalue weighted by atomic mass is 10.1. The maximum Gasteiger partial charge on any atom is 0.0599 e. The predicted molar refractivity (Wildman–Crippen MR) is 75.9 cm³/mol. The second kappa shape index (κ2) is 6.88. The van der Waals surface area contributed by atoms with Crippen LogP contribution in [0.1, 0.15) is 40.0 Å². The molecular weight excluding hydrogens is 224 g/mol. The molecule has 2 aliphatic heterocycles. The van der Waals surface area contributed by atoms with Crippen molar-refractivity contribution in [3.05, 3.63) is 0 Å². The van der Waals surface area contributed by atoms with Crippen LogP contribution in [-0.2, 0) is 4.74 Å². The summed E-state index contributed by atoms with van der Waals surface area (Å²) in [5, 5.41) is 0. The van der Waals surface area contributed by atoms with E-state index in [1.165, 1.54) is 52.0 Å². The van der Waals surface area contributed by atoms with Crippen molar-refractivity contribution in [2.45, 2.75) is 52.2 Å². The predicted octanol–water partition coefficient (Wildman–Crippen LogP) is 2.22. The Morgan fingerprint density at radius 2 is 1.83 bits per heavy atom. The highest BCUT2D eigenvalue weighted by Crippen LogP contribution is 2.20. The Hall–Kier alpha value is -0.120. The van der Waals surface area contributed by atoms with Gasteiger partial charge in [0.25, 0.3) is 0 Å². The normalized spacial score (nSPS) is 28.3. The quantitative estimate of drug-likeness (QED) is 0.748. The third-order valence-corrected chi connectivity index (χ3v) is 4.59. The lowest BCUT2D eigenvalue weighted by molar-refractivity contribution is -0.0128. The molecule has 0 aromatic carbocycles. The van der Waals surface area contributed by atoms with Crippen LogP contribution in [0.5, 0.6) is 0 Å². The number of piperidine rings is 1. The number of hydrogen-bond acceptors (Lipinski definition) is 3. The van der Waals surface area contributed by atoms with E-state index in [4.69, 9.17) is 4.74 Å². The molecule has 0 aromatic heterocycles. The van der Waals surface area contributed by atoms with Gasteiger partial charge in [0.2, 0.25) is 0 Å². The molecule has 106 valence electrons. The highest BCUT2D eigenvalue weighted by molar-refractivity contribution is 4.77. The van der Waals surface area contributed by atoms with Crippen LogP contribution in [0, 0.1) is 5.92 Å². The summed E-state index contributed by atoms with van der Waals surface area (Å²) in [6.45, 7) is 14.0. The van der Waals surface area contributed by atoms with Crippen LogP contribution in [0.15, 0.2) is 0 Å². The number of ether oxygens (including phenoxy) is 1. The molecule has 1 atom stereocenters. The fraction of sp³-hybridized carbons (Fsp3) is 1.00. The minimum atomic E-state index is 0.524. The van der Waals surface area contributed by atoms with Crippen LogP contribution >= 0.6 is 0 Å². The highest BCUT2D eigenvalue weighted by atomic mass is 16.5. The van der Waals surface area contributed by atoms with Gasteiger partial charge < -0.3 is 14.5 Å². The van der Waals surface area contributed by atoms with E-state index in [9.17, 15) is 0 Å². The maximum atomic E-state index is 6.13. The van der Waals surface area contributed by atoms with Gasteiger partial charge in [-0.15, -0.1) is 0 Å². The molecule has 2 aliphatic rings.